The van der Waals surface area contributed by atoms with E-state index in [0.29, 0.717) is 38.8 Å². The summed E-state index contributed by atoms with van der Waals surface area (Å²) < 4.78 is 11.3. The van der Waals surface area contributed by atoms with E-state index in [1.54, 1.807) is 4.90 Å². The van der Waals surface area contributed by atoms with Crippen molar-refractivity contribution in [2.24, 2.45) is 10.9 Å². The summed E-state index contributed by atoms with van der Waals surface area (Å²) in [6.45, 7) is 12.8. The fraction of sp³-hybridized carbons (Fsp3) is 0.636. The van der Waals surface area contributed by atoms with Crippen LogP contribution in [0.2, 0.25) is 0 Å². The van der Waals surface area contributed by atoms with Gasteiger partial charge in [0.1, 0.15) is 5.60 Å². The smallest absolute Gasteiger partial charge is 0.410 e. The molecule has 2 aliphatic heterocycles. The lowest BCUT2D eigenvalue weighted by atomic mass is 10.2. The van der Waals surface area contributed by atoms with E-state index in [9.17, 15) is 4.79 Å². The molecule has 2 aliphatic rings. The van der Waals surface area contributed by atoms with E-state index in [0.717, 1.165) is 19.0 Å². The molecule has 1 fully saturated rings. The molecule has 0 bridgehead atoms. The number of benzene rings is 1. The molecule has 7 nitrogen and oxygen atoms in total. The number of fused-ring (bicyclic) bond motifs is 1. The number of amides is 1. The molecule has 2 unspecified atom stereocenters. The minimum atomic E-state index is -0.466. The van der Waals surface area contributed by atoms with E-state index < -0.39 is 5.60 Å². The van der Waals surface area contributed by atoms with Crippen molar-refractivity contribution in [1.29, 1.82) is 0 Å². The fourth-order valence-corrected chi connectivity index (χ4v) is 3.50. The van der Waals surface area contributed by atoms with Crippen molar-refractivity contribution in [3.63, 3.8) is 0 Å². The Morgan fingerprint density at radius 2 is 2.00 bits per heavy atom. The van der Waals surface area contributed by atoms with Gasteiger partial charge in [-0.1, -0.05) is 37.3 Å². The highest BCUT2D eigenvalue weighted by atomic mass is 127. The third-order valence-electron chi connectivity index (χ3n) is 4.98. The van der Waals surface area contributed by atoms with Gasteiger partial charge in [-0.3, -0.25) is 4.99 Å². The van der Waals surface area contributed by atoms with E-state index in [1.807, 2.05) is 39.0 Å². The van der Waals surface area contributed by atoms with Crippen molar-refractivity contribution in [2.75, 3.05) is 39.3 Å². The Kier molecular flexibility index (Phi) is 9.21. The first-order chi connectivity index (χ1) is 13.8. The molecule has 2 atom stereocenters. The summed E-state index contributed by atoms with van der Waals surface area (Å²) >= 11 is 0. The second-order valence-corrected chi connectivity index (χ2v) is 8.92. The molecular formula is C22H35IN4O3. The van der Waals surface area contributed by atoms with E-state index in [1.165, 1.54) is 5.56 Å². The Morgan fingerprint density at radius 3 is 2.70 bits per heavy atom. The molecule has 30 heavy (non-hydrogen) atoms. The zero-order valence-corrected chi connectivity index (χ0v) is 20.8. The number of rotatable bonds is 6. The molecule has 0 spiro atoms. The molecule has 1 amide bonds. The Hall–Kier alpha value is -1.55. The van der Waals surface area contributed by atoms with Crippen LogP contribution in [0.4, 0.5) is 4.79 Å². The number of guanidine groups is 1. The quantitative estimate of drug-likeness (QED) is 0.572. The van der Waals surface area contributed by atoms with Gasteiger partial charge < -0.3 is 24.6 Å². The first-order valence-corrected chi connectivity index (χ1v) is 10.5. The number of aliphatic imine (C=N–C) groups is 1. The SMILES string of the molecule is CC(CNC1=NCC2CN(C(=O)OC(C)(C)C)CCN12)COCc1ccccc1.I. The van der Waals surface area contributed by atoms with Crippen molar-refractivity contribution < 1.29 is 14.3 Å². The van der Waals surface area contributed by atoms with Crippen LogP contribution >= 0.6 is 24.0 Å². The van der Waals surface area contributed by atoms with Gasteiger partial charge in [-0.05, 0) is 32.3 Å². The minimum Gasteiger partial charge on any atom is -0.444 e. The number of nitrogens with one attached hydrogen (secondary N) is 1. The van der Waals surface area contributed by atoms with Gasteiger partial charge in [0.05, 0.1) is 25.8 Å². The lowest BCUT2D eigenvalue weighted by molar-refractivity contribution is 0.0137. The van der Waals surface area contributed by atoms with Crippen LogP contribution in [0.3, 0.4) is 0 Å². The first kappa shape index (κ1) is 24.7. The third kappa shape index (κ3) is 7.30. The lowest BCUT2D eigenvalue weighted by Crippen LogP contribution is -2.57. The largest absolute Gasteiger partial charge is 0.444 e. The lowest BCUT2D eigenvalue weighted by Gasteiger charge is -2.39. The summed E-state index contributed by atoms with van der Waals surface area (Å²) in [4.78, 5) is 21.1. The number of hydrogen-bond donors (Lipinski definition) is 1. The molecule has 0 saturated carbocycles. The van der Waals surface area contributed by atoms with Crippen LogP contribution < -0.4 is 5.32 Å². The van der Waals surface area contributed by atoms with Gasteiger partial charge in [-0.25, -0.2) is 4.79 Å². The average molecular weight is 530 g/mol. The van der Waals surface area contributed by atoms with Gasteiger partial charge in [0.15, 0.2) is 5.96 Å². The van der Waals surface area contributed by atoms with Crippen molar-refractivity contribution >= 4 is 36.0 Å². The van der Waals surface area contributed by atoms with E-state index in [2.05, 4.69) is 34.3 Å². The molecular weight excluding hydrogens is 495 g/mol. The van der Waals surface area contributed by atoms with E-state index >= 15 is 0 Å². The Labute approximate surface area is 197 Å². The summed E-state index contributed by atoms with van der Waals surface area (Å²) in [6.07, 6.45) is -0.234. The number of carbonyl (C=O) groups is 1. The molecule has 8 heteroatoms. The Bertz CT molecular complexity index is 708. The molecule has 3 rings (SSSR count). The number of ether oxygens (including phenoxy) is 2. The number of nitrogens with zero attached hydrogens (tertiary/aromatic N) is 3. The van der Waals surface area contributed by atoms with Gasteiger partial charge in [0, 0.05) is 26.2 Å². The fourth-order valence-electron chi connectivity index (χ4n) is 3.50. The van der Waals surface area contributed by atoms with Crippen LogP contribution in [0.25, 0.3) is 0 Å². The van der Waals surface area contributed by atoms with E-state index in [-0.39, 0.29) is 36.1 Å². The zero-order chi connectivity index (χ0) is 20.9. The van der Waals surface area contributed by atoms with Crippen LogP contribution in [0.1, 0.15) is 33.3 Å². The maximum absolute atomic E-state index is 12.3. The summed E-state index contributed by atoms with van der Waals surface area (Å²) in [5.74, 6) is 1.32. The third-order valence-corrected chi connectivity index (χ3v) is 4.98. The summed E-state index contributed by atoms with van der Waals surface area (Å²) in [5.41, 5.74) is 0.727. The normalized spacial score (nSPS) is 19.5. The molecule has 168 valence electrons. The predicted molar refractivity (Wildman–Crippen MR) is 129 cm³/mol. The topological polar surface area (TPSA) is 66.4 Å². The highest BCUT2D eigenvalue weighted by molar-refractivity contribution is 14.0. The van der Waals surface area contributed by atoms with Crippen LogP contribution in [0, 0.1) is 5.92 Å². The highest BCUT2D eigenvalue weighted by Crippen LogP contribution is 2.18. The molecule has 0 aliphatic carbocycles. The Morgan fingerprint density at radius 1 is 1.27 bits per heavy atom. The number of halogens is 1. The number of piperazine rings is 1. The second kappa shape index (κ2) is 11.2. The molecule has 0 aromatic heterocycles. The Balaban J connectivity index is 0.00000320. The molecule has 1 N–H and O–H groups in total. The minimum absolute atomic E-state index is 0. The van der Waals surface area contributed by atoms with Crippen LogP contribution in [-0.2, 0) is 16.1 Å². The molecule has 1 aromatic rings. The monoisotopic (exact) mass is 530 g/mol. The molecule has 1 saturated heterocycles. The van der Waals surface area contributed by atoms with Gasteiger partial charge in [-0.15, -0.1) is 24.0 Å². The number of hydrogen-bond acceptors (Lipinski definition) is 6. The summed E-state index contributed by atoms with van der Waals surface area (Å²) in [5, 5.41) is 3.47. The van der Waals surface area contributed by atoms with Crippen LogP contribution in [-0.4, -0.2) is 72.8 Å². The standard InChI is InChI=1S/C22H34N4O3.HI/c1-17(15-28-16-18-8-6-5-7-9-18)12-23-20-24-13-19-14-25(10-11-26(19)20)21(27)29-22(2,3)4;/h5-9,17,19H,10-16H2,1-4H3,(H,23,24);1H. The van der Waals surface area contributed by atoms with Crippen molar-refractivity contribution in [3.05, 3.63) is 35.9 Å². The zero-order valence-electron chi connectivity index (χ0n) is 18.5. The van der Waals surface area contributed by atoms with Gasteiger partial charge in [0.2, 0.25) is 0 Å². The van der Waals surface area contributed by atoms with Crippen LogP contribution in [0.15, 0.2) is 35.3 Å². The van der Waals surface area contributed by atoms with E-state index in [4.69, 9.17) is 9.47 Å². The van der Waals surface area contributed by atoms with Crippen molar-refractivity contribution in [3.8, 4) is 0 Å². The first-order valence-electron chi connectivity index (χ1n) is 10.5. The van der Waals surface area contributed by atoms with Crippen molar-refractivity contribution in [1.82, 2.24) is 15.1 Å². The molecule has 0 radical (unpaired) electrons. The highest BCUT2D eigenvalue weighted by Gasteiger charge is 2.36. The average Bonchev–Trinajstić information content (AvgIpc) is 3.08. The summed E-state index contributed by atoms with van der Waals surface area (Å²) in [6, 6.07) is 10.4. The summed E-state index contributed by atoms with van der Waals surface area (Å²) in [7, 11) is 0. The van der Waals surface area contributed by atoms with Crippen LogP contribution in [0.5, 0.6) is 0 Å². The van der Waals surface area contributed by atoms with Gasteiger partial charge in [-0.2, -0.15) is 0 Å². The maximum atomic E-state index is 12.3. The second-order valence-electron chi connectivity index (χ2n) is 8.92. The van der Waals surface area contributed by atoms with Crippen molar-refractivity contribution in [2.45, 2.75) is 45.9 Å². The van der Waals surface area contributed by atoms with Gasteiger partial charge in [0.25, 0.3) is 0 Å². The van der Waals surface area contributed by atoms with Gasteiger partial charge >= 0.3 is 6.09 Å². The number of carbonyl (C=O) groups excluding carboxylic acids is 1. The molecule has 2 heterocycles. The predicted octanol–water partition coefficient (Wildman–Crippen LogP) is 3.34. The molecule has 1 aromatic carbocycles. The maximum Gasteiger partial charge on any atom is 0.410 e.